The van der Waals surface area contributed by atoms with Gasteiger partial charge < -0.3 is 19.9 Å². The van der Waals surface area contributed by atoms with Crippen LogP contribution in [0.15, 0.2) is 36.4 Å². The van der Waals surface area contributed by atoms with Crippen molar-refractivity contribution in [3.05, 3.63) is 53.1 Å². The molecule has 2 aromatic carbocycles. The fourth-order valence-corrected chi connectivity index (χ4v) is 2.28. The third kappa shape index (κ3) is 3.11. The van der Waals surface area contributed by atoms with Crippen molar-refractivity contribution in [2.75, 3.05) is 21.3 Å². The molecule has 0 fully saturated rings. The molecule has 0 aliphatic carbocycles. The summed E-state index contributed by atoms with van der Waals surface area (Å²) < 4.78 is 16.0. The maximum Gasteiger partial charge on any atom is 0.127 e. The molecule has 1 unspecified atom stereocenters. The molecule has 2 aromatic rings. The van der Waals surface area contributed by atoms with Gasteiger partial charge in [-0.25, -0.2) is 0 Å². The lowest BCUT2D eigenvalue weighted by molar-refractivity contribution is 0.389. The van der Waals surface area contributed by atoms with Crippen LogP contribution in [0, 0.1) is 6.92 Å². The number of benzene rings is 2. The molecule has 0 aliphatic heterocycles. The van der Waals surface area contributed by atoms with Gasteiger partial charge in [-0.05, 0) is 36.2 Å². The van der Waals surface area contributed by atoms with Gasteiger partial charge >= 0.3 is 0 Å². The van der Waals surface area contributed by atoms with Crippen molar-refractivity contribution >= 4 is 0 Å². The second kappa shape index (κ2) is 6.50. The molecule has 4 heteroatoms. The summed E-state index contributed by atoms with van der Waals surface area (Å²) in [4.78, 5) is 0. The highest BCUT2D eigenvalue weighted by atomic mass is 16.5. The monoisotopic (exact) mass is 287 g/mol. The van der Waals surface area contributed by atoms with Gasteiger partial charge in [0.1, 0.15) is 17.2 Å². The highest BCUT2D eigenvalue weighted by molar-refractivity contribution is 5.47. The lowest BCUT2D eigenvalue weighted by Gasteiger charge is -2.18. The van der Waals surface area contributed by atoms with E-state index < -0.39 is 0 Å². The summed E-state index contributed by atoms with van der Waals surface area (Å²) in [5.74, 6) is 2.28. The minimum atomic E-state index is -0.291. The van der Waals surface area contributed by atoms with Crippen LogP contribution in [0.4, 0.5) is 0 Å². The molecule has 4 nitrogen and oxygen atoms in total. The molecule has 0 amide bonds. The van der Waals surface area contributed by atoms with Crippen LogP contribution in [0.25, 0.3) is 0 Å². The highest BCUT2D eigenvalue weighted by Gasteiger charge is 2.16. The summed E-state index contributed by atoms with van der Waals surface area (Å²) >= 11 is 0. The number of rotatable bonds is 5. The third-order valence-electron chi connectivity index (χ3n) is 3.57. The van der Waals surface area contributed by atoms with Crippen LogP contribution in [-0.2, 0) is 0 Å². The van der Waals surface area contributed by atoms with Gasteiger partial charge in [0.05, 0.1) is 27.4 Å². The van der Waals surface area contributed by atoms with Gasteiger partial charge in [0.2, 0.25) is 0 Å². The zero-order valence-electron chi connectivity index (χ0n) is 12.8. The SMILES string of the molecule is COc1ccc(C(N)c2ccc(C)c(OC)c2)c(OC)c1. The normalized spacial score (nSPS) is 11.9. The maximum atomic E-state index is 6.38. The van der Waals surface area contributed by atoms with E-state index in [1.54, 1.807) is 21.3 Å². The van der Waals surface area contributed by atoms with Crippen molar-refractivity contribution in [1.82, 2.24) is 0 Å². The van der Waals surface area contributed by atoms with Gasteiger partial charge in [0, 0.05) is 11.6 Å². The molecule has 2 N–H and O–H groups in total. The predicted molar refractivity (Wildman–Crippen MR) is 83.3 cm³/mol. The van der Waals surface area contributed by atoms with Crippen molar-refractivity contribution in [1.29, 1.82) is 0 Å². The Bertz CT molecular complexity index is 625. The molecule has 0 saturated heterocycles. The van der Waals surface area contributed by atoms with Crippen molar-refractivity contribution in [2.45, 2.75) is 13.0 Å². The molecule has 0 aromatic heterocycles. The van der Waals surface area contributed by atoms with E-state index in [-0.39, 0.29) is 6.04 Å². The van der Waals surface area contributed by atoms with Gasteiger partial charge in [-0.1, -0.05) is 12.1 Å². The van der Waals surface area contributed by atoms with Crippen molar-refractivity contribution in [3.8, 4) is 17.2 Å². The molecule has 0 spiro atoms. The van der Waals surface area contributed by atoms with Crippen LogP contribution in [-0.4, -0.2) is 21.3 Å². The van der Waals surface area contributed by atoms with E-state index in [9.17, 15) is 0 Å². The van der Waals surface area contributed by atoms with Crippen LogP contribution in [0.5, 0.6) is 17.2 Å². The van der Waals surface area contributed by atoms with E-state index in [2.05, 4.69) is 0 Å². The largest absolute Gasteiger partial charge is 0.497 e. The summed E-state index contributed by atoms with van der Waals surface area (Å²) in [6.07, 6.45) is 0. The quantitative estimate of drug-likeness (QED) is 0.918. The summed E-state index contributed by atoms with van der Waals surface area (Å²) in [5, 5.41) is 0. The van der Waals surface area contributed by atoms with Gasteiger partial charge in [-0.3, -0.25) is 0 Å². The number of hydrogen-bond acceptors (Lipinski definition) is 4. The van der Waals surface area contributed by atoms with E-state index >= 15 is 0 Å². The van der Waals surface area contributed by atoms with E-state index in [1.807, 2.05) is 43.3 Å². The lowest BCUT2D eigenvalue weighted by atomic mass is 9.97. The van der Waals surface area contributed by atoms with Gasteiger partial charge in [-0.15, -0.1) is 0 Å². The molecule has 0 bridgehead atoms. The first-order valence-corrected chi connectivity index (χ1v) is 6.72. The third-order valence-corrected chi connectivity index (χ3v) is 3.57. The molecular formula is C17H21NO3. The second-order valence-electron chi connectivity index (χ2n) is 4.81. The Hall–Kier alpha value is -2.20. The fraction of sp³-hybridized carbons (Fsp3) is 0.294. The molecule has 2 rings (SSSR count). The first-order chi connectivity index (χ1) is 10.1. The Labute approximate surface area is 125 Å². The Morgan fingerprint density at radius 1 is 0.857 bits per heavy atom. The van der Waals surface area contributed by atoms with E-state index in [0.717, 1.165) is 28.2 Å². The van der Waals surface area contributed by atoms with Crippen LogP contribution in [0.1, 0.15) is 22.7 Å². The Balaban J connectivity index is 2.41. The van der Waals surface area contributed by atoms with Crippen LogP contribution >= 0.6 is 0 Å². The lowest BCUT2D eigenvalue weighted by Crippen LogP contribution is -2.13. The maximum absolute atomic E-state index is 6.38. The average molecular weight is 287 g/mol. The molecule has 21 heavy (non-hydrogen) atoms. The minimum Gasteiger partial charge on any atom is -0.497 e. The molecular weight excluding hydrogens is 266 g/mol. The summed E-state index contributed by atoms with van der Waals surface area (Å²) in [6.45, 7) is 2.00. The summed E-state index contributed by atoms with van der Waals surface area (Å²) in [7, 11) is 4.91. The average Bonchev–Trinajstić information content (AvgIpc) is 2.54. The van der Waals surface area contributed by atoms with Crippen LogP contribution < -0.4 is 19.9 Å². The molecule has 0 aliphatic rings. The van der Waals surface area contributed by atoms with Crippen molar-refractivity contribution in [2.24, 2.45) is 5.73 Å². The van der Waals surface area contributed by atoms with Crippen LogP contribution in [0.3, 0.4) is 0 Å². The summed E-state index contributed by atoms with van der Waals surface area (Å²) in [6, 6.07) is 11.3. The van der Waals surface area contributed by atoms with Gasteiger partial charge in [-0.2, -0.15) is 0 Å². The first-order valence-electron chi connectivity index (χ1n) is 6.72. The highest BCUT2D eigenvalue weighted by Crippen LogP contribution is 2.33. The first kappa shape index (κ1) is 15.2. The molecule has 1 atom stereocenters. The van der Waals surface area contributed by atoms with Gasteiger partial charge in [0.15, 0.2) is 0 Å². The van der Waals surface area contributed by atoms with E-state index in [1.165, 1.54) is 0 Å². The standard InChI is InChI=1S/C17H21NO3/c1-11-5-6-12(9-15(11)20-3)17(18)14-8-7-13(19-2)10-16(14)21-4/h5-10,17H,18H2,1-4H3. The zero-order valence-corrected chi connectivity index (χ0v) is 12.8. The topological polar surface area (TPSA) is 53.7 Å². The number of hydrogen-bond donors (Lipinski definition) is 1. The van der Waals surface area contributed by atoms with Crippen LogP contribution in [0.2, 0.25) is 0 Å². The smallest absolute Gasteiger partial charge is 0.127 e. The number of methoxy groups -OCH3 is 3. The Kier molecular flexibility index (Phi) is 4.70. The fourth-order valence-electron chi connectivity index (χ4n) is 2.28. The number of ether oxygens (including phenoxy) is 3. The zero-order chi connectivity index (χ0) is 15.4. The molecule has 0 radical (unpaired) electrons. The number of nitrogens with two attached hydrogens (primary N) is 1. The predicted octanol–water partition coefficient (Wildman–Crippen LogP) is 3.07. The van der Waals surface area contributed by atoms with E-state index in [0.29, 0.717) is 5.75 Å². The van der Waals surface area contributed by atoms with Crippen molar-refractivity contribution in [3.63, 3.8) is 0 Å². The molecule has 0 saturated carbocycles. The van der Waals surface area contributed by atoms with Gasteiger partial charge in [0.25, 0.3) is 0 Å². The summed E-state index contributed by atoms with van der Waals surface area (Å²) in [5.41, 5.74) is 9.34. The second-order valence-corrected chi connectivity index (χ2v) is 4.81. The van der Waals surface area contributed by atoms with Crippen molar-refractivity contribution < 1.29 is 14.2 Å². The van der Waals surface area contributed by atoms with E-state index in [4.69, 9.17) is 19.9 Å². The Morgan fingerprint density at radius 2 is 1.57 bits per heavy atom. The molecule has 112 valence electrons. The molecule has 0 heterocycles. The number of aryl methyl sites for hydroxylation is 1. The Morgan fingerprint density at radius 3 is 2.19 bits per heavy atom. The minimum absolute atomic E-state index is 0.291.